The van der Waals surface area contributed by atoms with Crippen LogP contribution in [-0.4, -0.2) is 43.0 Å². The molecular formula is C10H16N2O4S2. The fourth-order valence-electron chi connectivity index (χ4n) is 1.09. The van der Waals surface area contributed by atoms with E-state index in [-0.39, 0.29) is 12.3 Å². The van der Waals surface area contributed by atoms with Gasteiger partial charge in [0, 0.05) is 18.2 Å². The molecule has 0 saturated heterocycles. The summed E-state index contributed by atoms with van der Waals surface area (Å²) in [5, 5.41) is 14.1. The molecule has 1 aromatic heterocycles. The van der Waals surface area contributed by atoms with Gasteiger partial charge in [-0.1, -0.05) is 0 Å². The second kappa shape index (κ2) is 5.23. The minimum absolute atomic E-state index is 0.0181. The normalized spacial score (nSPS) is 12.4. The first-order valence-electron chi connectivity index (χ1n) is 5.24. The molecule has 102 valence electrons. The third-order valence-corrected chi connectivity index (χ3v) is 4.17. The Hall–Kier alpha value is -1.15. The van der Waals surface area contributed by atoms with Crippen molar-refractivity contribution in [3.05, 3.63) is 11.1 Å². The lowest BCUT2D eigenvalue weighted by atomic mass is 9.90. The third-order valence-electron chi connectivity index (χ3n) is 2.43. The number of hydrogen-bond donors (Lipinski definition) is 2. The lowest BCUT2D eigenvalue weighted by molar-refractivity contribution is -0.142. The van der Waals surface area contributed by atoms with Gasteiger partial charge in [-0.05, 0) is 13.8 Å². The number of hydrogen-bond acceptors (Lipinski definition) is 6. The Labute approximate surface area is 110 Å². The summed E-state index contributed by atoms with van der Waals surface area (Å²) >= 11 is 1.26. The fraction of sp³-hybridized carbons (Fsp3) is 0.600. The van der Waals surface area contributed by atoms with Crippen molar-refractivity contribution < 1.29 is 18.3 Å². The Morgan fingerprint density at radius 2 is 2.17 bits per heavy atom. The van der Waals surface area contributed by atoms with Crippen molar-refractivity contribution in [3.8, 4) is 0 Å². The Morgan fingerprint density at radius 3 is 2.67 bits per heavy atom. The molecule has 0 fully saturated rings. The Bertz CT molecular complexity index is 534. The Morgan fingerprint density at radius 1 is 1.56 bits per heavy atom. The summed E-state index contributed by atoms with van der Waals surface area (Å²) in [4.78, 5) is 15.2. The van der Waals surface area contributed by atoms with Crippen molar-refractivity contribution in [1.29, 1.82) is 0 Å². The van der Waals surface area contributed by atoms with E-state index in [1.54, 1.807) is 19.2 Å². The van der Waals surface area contributed by atoms with Crippen LogP contribution in [0.1, 0.15) is 19.5 Å². The maximum atomic E-state index is 11.0. The van der Waals surface area contributed by atoms with Crippen LogP contribution < -0.4 is 5.32 Å². The van der Waals surface area contributed by atoms with Crippen LogP contribution in [0.3, 0.4) is 0 Å². The van der Waals surface area contributed by atoms with Gasteiger partial charge < -0.3 is 10.4 Å². The number of carboxylic acid groups (broad SMARTS) is 1. The number of anilines is 1. The summed E-state index contributed by atoms with van der Waals surface area (Å²) < 4.78 is 21.9. The fourth-order valence-corrected chi connectivity index (χ4v) is 2.47. The number of sulfone groups is 1. The minimum Gasteiger partial charge on any atom is -0.481 e. The molecule has 1 heterocycles. The molecule has 0 saturated carbocycles. The highest BCUT2D eigenvalue weighted by Gasteiger charge is 2.32. The molecule has 0 atom stereocenters. The Kier molecular flexibility index (Phi) is 4.33. The van der Waals surface area contributed by atoms with Crippen LogP contribution in [0, 0.1) is 0 Å². The van der Waals surface area contributed by atoms with Gasteiger partial charge in [0.15, 0.2) is 5.13 Å². The first-order chi connectivity index (χ1) is 8.13. The molecule has 0 aromatic carbocycles. The minimum atomic E-state index is -3.01. The second-order valence-electron chi connectivity index (χ2n) is 4.52. The first-order valence-corrected chi connectivity index (χ1v) is 8.18. The summed E-state index contributed by atoms with van der Waals surface area (Å²) in [5.74, 6) is -0.931. The average Bonchev–Trinajstić information content (AvgIpc) is 2.64. The molecule has 1 aromatic rings. The van der Waals surface area contributed by atoms with Gasteiger partial charge in [-0.2, -0.15) is 0 Å². The van der Waals surface area contributed by atoms with E-state index in [2.05, 4.69) is 10.3 Å². The Balaban J connectivity index is 2.67. The zero-order chi connectivity index (χ0) is 14.0. The molecule has 6 nitrogen and oxygen atoms in total. The van der Waals surface area contributed by atoms with Crippen LogP contribution in [-0.2, 0) is 20.0 Å². The first kappa shape index (κ1) is 14.9. The van der Waals surface area contributed by atoms with Crippen LogP contribution >= 0.6 is 11.3 Å². The summed E-state index contributed by atoms with van der Waals surface area (Å²) in [6.45, 7) is 3.41. The SMILES string of the molecule is CC(C)(C(=O)O)c1csc(NCCS(C)(=O)=O)n1. The molecule has 0 amide bonds. The molecule has 1 rings (SSSR count). The molecule has 18 heavy (non-hydrogen) atoms. The van der Waals surface area contributed by atoms with E-state index in [1.807, 2.05) is 0 Å². The van der Waals surface area contributed by atoms with E-state index in [0.29, 0.717) is 10.8 Å². The number of rotatable bonds is 6. The van der Waals surface area contributed by atoms with Crippen molar-refractivity contribution in [3.63, 3.8) is 0 Å². The smallest absolute Gasteiger partial charge is 0.315 e. The lowest BCUT2D eigenvalue weighted by Gasteiger charge is -2.15. The predicted molar refractivity (Wildman–Crippen MR) is 71.0 cm³/mol. The molecule has 0 unspecified atom stereocenters. The number of carboxylic acids is 1. The third kappa shape index (κ3) is 3.95. The van der Waals surface area contributed by atoms with Crippen LogP contribution in [0.25, 0.3) is 0 Å². The van der Waals surface area contributed by atoms with Crippen molar-refractivity contribution in [2.45, 2.75) is 19.3 Å². The number of thiazole rings is 1. The maximum absolute atomic E-state index is 11.0. The van der Waals surface area contributed by atoms with Gasteiger partial charge in [0.2, 0.25) is 0 Å². The topological polar surface area (TPSA) is 96.4 Å². The van der Waals surface area contributed by atoms with Crippen molar-refractivity contribution in [2.24, 2.45) is 0 Å². The summed E-state index contributed by atoms with van der Waals surface area (Å²) in [5.41, 5.74) is -0.588. The molecule has 8 heteroatoms. The predicted octanol–water partition coefficient (Wildman–Crippen LogP) is 0.962. The average molecular weight is 292 g/mol. The van der Waals surface area contributed by atoms with E-state index in [9.17, 15) is 13.2 Å². The number of carbonyl (C=O) groups is 1. The van der Waals surface area contributed by atoms with Gasteiger partial charge in [-0.3, -0.25) is 4.79 Å². The highest BCUT2D eigenvalue weighted by atomic mass is 32.2. The van der Waals surface area contributed by atoms with Crippen LogP contribution in [0.15, 0.2) is 5.38 Å². The molecule has 0 aliphatic carbocycles. The number of nitrogens with zero attached hydrogens (tertiary/aromatic N) is 1. The number of aliphatic carboxylic acids is 1. The zero-order valence-corrected chi connectivity index (χ0v) is 12.1. The van der Waals surface area contributed by atoms with Gasteiger partial charge in [-0.15, -0.1) is 11.3 Å². The van der Waals surface area contributed by atoms with Crippen LogP contribution in [0.5, 0.6) is 0 Å². The molecular weight excluding hydrogens is 276 g/mol. The van der Waals surface area contributed by atoms with Gasteiger partial charge >= 0.3 is 5.97 Å². The van der Waals surface area contributed by atoms with E-state index >= 15 is 0 Å². The van der Waals surface area contributed by atoms with Gasteiger partial charge in [0.1, 0.15) is 15.3 Å². The molecule has 2 N–H and O–H groups in total. The highest BCUT2D eigenvalue weighted by Crippen LogP contribution is 2.27. The largest absolute Gasteiger partial charge is 0.481 e. The van der Waals surface area contributed by atoms with Crippen LogP contribution in [0.2, 0.25) is 0 Å². The van der Waals surface area contributed by atoms with Gasteiger partial charge in [0.25, 0.3) is 0 Å². The second-order valence-corrected chi connectivity index (χ2v) is 7.64. The van der Waals surface area contributed by atoms with E-state index in [1.165, 1.54) is 11.3 Å². The summed E-state index contributed by atoms with van der Waals surface area (Å²) in [7, 11) is -3.01. The van der Waals surface area contributed by atoms with Crippen molar-refractivity contribution in [2.75, 3.05) is 23.9 Å². The highest BCUT2D eigenvalue weighted by molar-refractivity contribution is 7.90. The van der Waals surface area contributed by atoms with E-state index in [0.717, 1.165) is 6.26 Å². The van der Waals surface area contributed by atoms with Crippen molar-refractivity contribution in [1.82, 2.24) is 4.98 Å². The summed E-state index contributed by atoms with van der Waals surface area (Å²) in [6.07, 6.45) is 1.16. The molecule has 0 spiro atoms. The van der Waals surface area contributed by atoms with E-state index in [4.69, 9.17) is 5.11 Å². The molecule has 0 radical (unpaired) electrons. The van der Waals surface area contributed by atoms with Crippen LogP contribution in [0.4, 0.5) is 5.13 Å². The lowest BCUT2D eigenvalue weighted by Crippen LogP contribution is -2.28. The van der Waals surface area contributed by atoms with E-state index < -0.39 is 21.2 Å². The number of nitrogens with one attached hydrogen (secondary N) is 1. The maximum Gasteiger partial charge on any atom is 0.315 e. The van der Waals surface area contributed by atoms with Gasteiger partial charge in [-0.25, -0.2) is 13.4 Å². The standard InChI is InChI=1S/C10H16N2O4S2/c1-10(2,8(13)14)7-6-17-9(12-7)11-4-5-18(3,15)16/h6H,4-5H2,1-3H3,(H,11,12)(H,13,14). The zero-order valence-electron chi connectivity index (χ0n) is 10.4. The molecule has 0 aliphatic heterocycles. The van der Waals surface area contributed by atoms with Gasteiger partial charge in [0.05, 0.1) is 11.4 Å². The number of aromatic nitrogens is 1. The molecule has 0 bridgehead atoms. The molecule has 0 aliphatic rings. The quantitative estimate of drug-likeness (QED) is 0.810. The summed E-state index contributed by atoms with van der Waals surface area (Å²) in [6, 6.07) is 0. The monoisotopic (exact) mass is 292 g/mol. The van der Waals surface area contributed by atoms with Crippen molar-refractivity contribution >= 4 is 32.3 Å².